The molecule has 0 amide bonds. The normalized spacial score (nSPS) is 13.7. The van der Waals surface area contributed by atoms with Gasteiger partial charge in [0, 0.05) is 19.3 Å². The van der Waals surface area contributed by atoms with Crippen molar-refractivity contribution >= 4 is 25.7 Å². The standard InChI is InChI=1S/C58H105O11P/c1-4-7-10-13-16-19-22-24-26-27-29-31-34-37-40-43-46-49-58(62)69-55(51-65-56(60)47-44-41-38-35-33-30-28-25-23-20-17-14-11-8-5-2)53-67-70(63,64)66-52-54(50-59)68-57(61)48-45-42-39-36-32-21-18-15-12-9-6-3/h7,10,16,19,24,26,29,31,54-55,59H,4-6,8-9,11-15,17-18,20-23,25,27-28,30,32-53H2,1-3H3,(H,63,64)/b10-7-,19-16-,26-24-,31-29-. The summed E-state index contributed by atoms with van der Waals surface area (Å²) in [5, 5.41) is 9.79. The SMILES string of the molecule is CC/C=C\C/C=C\C/C=C\C/C=C\CCCCCCC(=O)OC(COC(=O)CCCCCCCCCCCCCCCCC)COP(=O)(O)OCC(CO)OC(=O)CCCCCCCCCCCCC. The average molecular weight is 1010 g/mol. The van der Waals surface area contributed by atoms with Crippen LogP contribution < -0.4 is 0 Å². The van der Waals surface area contributed by atoms with Gasteiger partial charge in [0.15, 0.2) is 6.10 Å². The molecule has 408 valence electrons. The predicted octanol–water partition coefficient (Wildman–Crippen LogP) is 16.6. The maximum Gasteiger partial charge on any atom is 0.472 e. The first kappa shape index (κ1) is 67.4. The second kappa shape index (κ2) is 52.8. The van der Waals surface area contributed by atoms with E-state index >= 15 is 0 Å². The Labute approximate surface area is 428 Å². The summed E-state index contributed by atoms with van der Waals surface area (Å²) >= 11 is 0. The zero-order chi connectivity index (χ0) is 51.3. The smallest absolute Gasteiger partial charge is 0.462 e. The molecule has 70 heavy (non-hydrogen) atoms. The fraction of sp³-hybridized carbons (Fsp3) is 0.810. The van der Waals surface area contributed by atoms with Crippen LogP contribution in [0.3, 0.4) is 0 Å². The van der Waals surface area contributed by atoms with Crippen LogP contribution in [-0.4, -0.2) is 66.5 Å². The summed E-state index contributed by atoms with van der Waals surface area (Å²) in [7, 11) is -4.75. The monoisotopic (exact) mass is 1010 g/mol. The van der Waals surface area contributed by atoms with Crippen molar-refractivity contribution in [3.63, 3.8) is 0 Å². The number of unbranched alkanes of at least 4 members (excludes halogenated alkanes) is 28. The molecular weight excluding hydrogens is 904 g/mol. The maximum atomic E-state index is 12.9. The molecule has 0 heterocycles. The van der Waals surface area contributed by atoms with Gasteiger partial charge in [0.05, 0.1) is 19.8 Å². The number of rotatable bonds is 53. The van der Waals surface area contributed by atoms with Crippen molar-refractivity contribution in [2.24, 2.45) is 0 Å². The minimum atomic E-state index is -4.75. The van der Waals surface area contributed by atoms with E-state index in [0.717, 1.165) is 89.9 Å². The summed E-state index contributed by atoms with van der Waals surface area (Å²) in [6.07, 6.45) is 55.0. The van der Waals surface area contributed by atoms with E-state index in [1.807, 2.05) is 0 Å². The zero-order valence-electron chi connectivity index (χ0n) is 45.0. The highest BCUT2D eigenvalue weighted by Crippen LogP contribution is 2.43. The molecule has 0 aliphatic heterocycles. The highest BCUT2D eigenvalue weighted by Gasteiger charge is 2.28. The molecule has 0 aromatic heterocycles. The van der Waals surface area contributed by atoms with Crippen molar-refractivity contribution in [3.05, 3.63) is 48.6 Å². The van der Waals surface area contributed by atoms with E-state index in [4.69, 9.17) is 23.3 Å². The van der Waals surface area contributed by atoms with Gasteiger partial charge in [-0.1, -0.05) is 236 Å². The molecule has 3 unspecified atom stereocenters. The second-order valence-electron chi connectivity index (χ2n) is 19.1. The van der Waals surface area contributed by atoms with Crippen molar-refractivity contribution < 1.29 is 52.2 Å². The lowest BCUT2D eigenvalue weighted by Crippen LogP contribution is -2.30. The molecule has 11 nitrogen and oxygen atoms in total. The van der Waals surface area contributed by atoms with Crippen LogP contribution in [0.4, 0.5) is 0 Å². The van der Waals surface area contributed by atoms with Crippen LogP contribution in [-0.2, 0) is 42.2 Å². The number of hydrogen-bond acceptors (Lipinski definition) is 10. The minimum absolute atomic E-state index is 0.142. The van der Waals surface area contributed by atoms with Crippen molar-refractivity contribution in [2.75, 3.05) is 26.4 Å². The Morgan fingerprint density at radius 3 is 1.14 bits per heavy atom. The van der Waals surface area contributed by atoms with E-state index < -0.39 is 57.8 Å². The van der Waals surface area contributed by atoms with E-state index in [-0.39, 0.29) is 25.9 Å². The number of carbonyl (C=O) groups excluding carboxylic acids is 3. The molecule has 0 saturated carbocycles. The van der Waals surface area contributed by atoms with E-state index in [1.54, 1.807) is 0 Å². The number of allylic oxidation sites excluding steroid dienone is 8. The highest BCUT2D eigenvalue weighted by molar-refractivity contribution is 7.47. The number of esters is 3. The lowest BCUT2D eigenvalue weighted by Gasteiger charge is -2.21. The summed E-state index contributed by atoms with van der Waals surface area (Å²) in [5.74, 6) is -1.48. The minimum Gasteiger partial charge on any atom is -0.462 e. The Morgan fingerprint density at radius 2 is 0.743 bits per heavy atom. The summed E-state index contributed by atoms with van der Waals surface area (Å²) in [6.45, 7) is 4.52. The third-order valence-corrected chi connectivity index (χ3v) is 13.2. The van der Waals surface area contributed by atoms with Gasteiger partial charge in [-0.15, -0.1) is 0 Å². The predicted molar refractivity (Wildman–Crippen MR) is 289 cm³/mol. The first-order chi connectivity index (χ1) is 34.2. The number of aliphatic hydroxyl groups is 1. The zero-order valence-corrected chi connectivity index (χ0v) is 45.9. The van der Waals surface area contributed by atoms with Crippen LogP contribution in [0, 0.1) is 0 Å². The van der Waals surface area contributed by atoms with Crippen LogP contribution in [0.2, 0.25) is 0 Å². The molecule has 0 rings (SSSR count). The summed E-state index contributed by atoms with van der Waals surface area (Å²) in [5.41, 5.74) is 0. The van der Waals surface area contributed by atoms with Crippen LogP contribution in [0.5, 0.6) is 0 Å². The van der Waals surface area contributed by atoms with Crippen LogP contribution >= 0.6 is 7.82 Å². The summed E-state index contributed by atoms with van der Waals surface area (Å²) < 4.78 is 39.5. The topological polar surface area (TPSA) is 155 Å². The lowest BCUT2D eigenvalue weighted by molar-refractivity contribution is -0.161. The third kappa shape index (κ3) is 50.4. The van der Waals surface area contributed by atoms with Gasteiger partial charge < -0.3 is 24.2 Å². The molecule has 2 N–H and O–H groups in total. The summed E-state index contributed by atoms with van der Waals surface area (Å²) in [6, 6.07) is 0. The van der Waals surface area contributed by atoms with Gasteiger partial charge in [0.1, 0.15) is 12.7 Å². The summed E-state index contributed by atoms with van der Waals surface area (Å²) in [4.78, 5) is 48.5. The number of phosphoric ester groups is 1. The van der Waals surface area contributed by atoms with Crippen LogP contribution in [0.1, 0.15) is 265 Å². The molecule has 3 atom stereocenters. The molecule has 0 aliphatic carbocycles. The maximum absolute atomic E-state index is 12.9. The van der Waals surface area contributed by atoms with Gasteiger partial charge in [0.25, 0.3) is 0 Å². The lowest BCUT2D eigenvalue weighted by atomic mass is 10.0. The molecular formula is C58H105O11P. The van der Waals surface area contributed by atoms with Crippen molar-refractivity contribution in [2.45, 2.75) is 277 Å². The first-order valence-electron chi connectivity index (χ1n) is 28.5. The Hall–Kier alpha value is -2.56. The van der Waals surface area contributed by atoms with Gasteiger partial charge in [0.2, 0.25) is 0 Å². The van der Waals surface area contributed by atoms with Crippen LogP contribution in [0.25, 0.3) is 0 Å². The molecule has 0 saturated heterocycles. The number of aliphatic hydroxyl groups excluding tert-OH is 1. The average Bonchev–Trinajstić information content (AvgIpc) is 3.35. The highest BCUT2D eigenvalue weighted by atomic mass is 31.2. The molecule has 0 aromatic rings. The Morgan fingerprint density at radius 1 is 0.414 bits per heavy atom. The molecule has 0 fully saturated rings. The first-order valence-corrected chi connectivity index (χ1v) is 30.0. The number of hydrogen-bond donors (Lipinski definition) is 2. The fourth-order valence-corrected chi connectivity index (χ4v) is 8.72. The molecule has 0 aliphatic rings. The van der Waals surface area contributed by atoms with E-state index in [9.17, 15) is 28.9 Å². The molecule has 0 radical (unpaired) electrons. The Bertz CT molecular complexity index is 1360. The molecule has 0 aromatic carbocycles. The van der Waals surface area contributed by atoms with Gasteiger partial charge in [-0.2, -0.15) is 0 Å². The van der Waals surface area contributed by atoms with E-state index in [0.29, 0.717) is 19.3 Å². The molecule has 0 bridgehead atoms. The second-order valence-corrected chi connectivity index (χ2v) is 20.5. The fourth-order valence-electron chi connectivity index (χ4n) is 7.94. The quantitative estimate of drug-likeness (QED) is 0.0197. The largest absolute Gasteiger partial charge is 0.472 e. The van der Waals surface area contributed by atoms with Crippen LogP contribution in [0.15, 0.2) is 48.6 Å². The van der Waals surface area contributed by atoms with Gasteiger partial charge in [-0.05, 0) is 57.8 Å². The number of phosphoric acid groups is 1. The molecule has 0 spiro atoms. The Kier molecular flexibility index (Phi) is 50.8. The van der Waals surface area contributed by atoms with Crippen molar-refractivity contribution in [3.8, 4) is 0 Å². The number of ether oxygens (including phenoxy) is 3. The van der Waals surface area contributed by atoms with Crippen molar-refractivity contribution in [1.29, 1.82) is 0 Å². The van der Waals surface area contributed by atoms with Gasteiger partial charge in [-0.3, -0.25) is 23.4 Å². The van der Waals surface area contributed by atoms with Crippen molar-refractivity contribution in [1.82, 2.24) is 0 Å². The van der Waals surface area contributed by atoms with Gasteiger partial charge >= 0.3 is 25.7 Å². The molecule has 12 heteroatoms. The Balaban J connectivity index is 4.75. The third-order valence-electron chi connectivity index (χ3n) is 12.3. The van der Waals surface area contributed by atoms with E-state index in [1.165, 1.54) is 116 Å². The van der Waals surface area contributed by atoms with Gasteiger partial charge in [-0.25, -0.2) is 4.57 Å². The van der Waals surface area contributed by atoms with E-state index in [2.05, 4.69) is 69.4 Å². The number of carbonyl (C=O) groups is 3.